The number of halogens is 3. The summed E-state index contributed by atoms with van der Waals surface area (Å²) in [7, 11) is 1.65. The van der Waals surface area contributed by atoms with Crippen LogP contribution in [0.15, 0.2) is 42.5 Å². The highest BCUT2D eigenvalue weighted by Crippen LogP contribution is 2.33. The predicted octanol–water partition coefficient (Wildman–Crippen LogP) is 4.47. The highest BCUT2D eigenvalue weighted by molar-refractivity contribution is 5.89. The third-order valence-corrected chi connectivity index (χ3v) is 3.32. The number of carbonyl (C=O) groups excluding carboxylic acids is 1. The molecule has 4 nitrogen and oxygen atoms in total. The summed E-state index contributed by atoms with van der Waals surface area (Å²) in [5, 5.41) is 0. The van der Waals surface area contributed by atoms with Crippen molar-refractivity contribution in [3.8, 4) is 11.5 Å². The molecule has 0 amide bonds. The van der Waals surface area contributed by atoms with Crippen molar-refractivity contribution >= 4 is 5.97 Å². The Morgan fingerprint density at radius 2 is 1.96 bits per heavy atom. The van der Waals surface area contributed by atoms with Crippen LogP contribution in [-0.2, 0) is 17.5 Å². The molecular weight excluding hydrogens is 337 g/mol. The fraction of sp³-hybridized carbons (Fsp3) is 0.278. The number of carbonyl (C=O) groups is 1. The average Bonchev–Trinajstić information content (AvgIpc) is 2.63. The zero-order chi connectivity index (χ0) is 18.4. The molecule has 2 aromatic rings. The quantitative estimate of drug-likeness (QED) is 0.763. The van der Waals surface area contributed by atoms with E-state index in [2.05, 4.69) is 4.74 Å². The van der Waals surface area contributed by atoms with Crippen LogP contribution in [0, 0.1) is 0 Å². The van der Waals surface area contributed by atoms with Crippen LogP contribution in [-0.4, -0.2) is 19.7 Å². The Labute approximate surface area is 143 Å². The van der Waals surface area contributed by atoms with Gasteiger partial charge in [0.25, 0.3) is 0 Å². The lowest BCUT2D eigenvalue weighted by molar-refractivity contribution is -0.137. The average molecular weight is 354 g/mol. The van der Waals surface area contributed by atoms with Crippen LogP contribution >= 0.6 is 0 Å². The molecule has 2 aliphatic heterocycles. The minimum absolute atomic E-state index is 0.0910. The summed E-state index contributed by atoms with van der Waals surface area (Å²) in [6.07, 6.45) is -4.44. The maximum absolute atomic E-state index is 12.3. The van der Waals surface area contributed by atoms with Crippen LogP contribution in [0.3, 0.4) is 0 Å². The first-order valence-electron chi connectivity index (χ1n) is 7.49. The fourth-order valence-corrected chi connectivity index (χ4v) is 2.12. The summed E-state index contributed by atoms with van der Waals surface area (Å²) >= 11 is 0. The standard InChI is InChI=1S/C10H9F3O2.C8H8O2/c1-2-15-9(14)7-4-3-5-8(6-7)10(11,12)13;1-9-8-4-6-2-3-7(8)10-5-6/h3-6H,2H2,1H3;2-4H,5H2,1H3. The molecule has 2 heterocycles. The summed E-state index contributed by atoms with van der Waals surface area (Å²) in [6, 6.07) is 10.1. The van der Waals surface area contributed by atoms with Gasteiger partial charge in [0.1, 0.15) is 6.61 Å². The Bertz CT molecular complexity index is 741. The maximum atomic E-state index is 12.3. The maximum Gasteiger partial charge on any atom is 0.416 e. The summed E-state index contributed by atoms with van der Waals surface area (Å²) in [6.45, 7) is 2.42. The normalized spacial score (nSPS) is 11.9. The third kappa shape index (κ3) is 4.89. The molecule has 0 spiro atoms. The molecule has 0 aromatic heterocycles. The molecule has 0 saturated carbocycles. The number of hydrogen-bond donors (Lipinski definition) is 0. The zero-order valence-electron chi connectivity index (χ0n) is 13.7. The van der Waals surface area contributed by atoms with Gasteiger partial charge in [-0.25, -0.2) is 4.79 Å². The number of methoxy groups -OCH3 is 1. The summed E-state index contributed by atoms with van der Waals surface area (Å²) in [5.41, 5.74) is 0.228. The van der Waals surface area contributed by atoms with E-state index in [0.29, 0.717) is 6.61 Å². The lowest BCUT2D eigenvalue weighted by Gasteiger charge is -2.17. The lowest BCUT2D eigenvalue weighted by Crippen LogP contribution is -2.09. The van der Waals surface area contributed by atoms with E-state index in [1.165, 1.54) is 17.7 Å². The van der Waals surface area contributed by atoms with E-state index < -0.39 is 17.7 Å². The molecule has 0 atom stereocenters. The summed E-state index contributed by atoms with van der Waals surface area (Å²) in [5.74, 6) is 0.935. The molecule has 134 valence electrons. The van der Waals surface area contributed by atoms with Gasteiger partial charge in [-0.3, -0.25) is 0 Å². The third-order valence-electron chi connectivity index (χ3n) is 3.32. The number of hydrogen-bond acceptors (Lipinski definition) is 4. The van der Waals surface area contributed by atoms with Gasteiger partial charge in [0.05, 0.1) is 24.8 Å². The van der Waals surface area contributed by atoms with E-state index in [4.69, 9.17) is 9.47 Å². The zero-order valence-corrected chi connectivity index (χ0v) is 13.7. The van der Waals surface area contributed by atoms with Gasteiger partial charge in [0, 0.05) is 0 Å². The smallest absolute Gasteiger partial charge is 0.416 e. The molecule has 0 radical (unpaired) electrons. The highest BCUT2D eigenvalue weighted by atomic mass is 19.4. The van der Waals surface area contributed by atoms with Crippen LogP contribution in [0.25, 0.3) is 0 Å². The molecular formula is C18H17F3O4. The predicted molar refractivity (Wildman–Crippen MR) is 84.7 cm³/mol. The van der Waals surface area contributed by atoms with Gasteiger partial charge in [0.15, 0.2) is 11.5 Å². The molecule has 25 heavy (non-hydrogen) atoms. The Morgan fingerprint density at radius 3 is 2.40 bits per heavy atom. The largest absolute Gasteiger partial charge is 0.493 e. The van der Waals surface area contributed by atoms with Gasteiger partial charge >= 0.3 is 12.1 Å². The van der Waals surface area contributed by atoms with Crippen LogP contribution in [0.2, 0.25) is 0 Å². The first-order chi connectivity index (χ1) is 11.8. The minimum atomic E-state index is -4.44. The molecule has 0 unspecified atom stereocenters. The molecule has 4 rings (SSSR count). The number of alkyl halides is 3. The molecule has 2 aromatic carbocycles. The summed E-state index contributed by atoms with van der Waals surface area (Å²) in [4.78, 5) is 11.1. The molecule has 2 aliphatic rings. The van der Waals surface area contributed by atoms with E-state index in [9.17, 15) is 18.0 Å². The van der Waals surface area contributed by atoms with Crippen molar-refractivity contribution in [3.63, 3.8) is 0 Å². The second-order valence-corrected chi connectivity index (χ2v) is 5.07. The highest BCUT2D eigenvalue weighted by Gasteiger charge is 2.30. The van der Waals surface area contributed by atoms with E-state index in [1.54, 1.807) is 14.0 Å². The molecule has 2 bridgehead atoms. The number of rotatable bonds is 3. The van der Waals surface area contributed by atoms with Crippen molar-refractivity contribution in [3.05, 3.63) is 59.2 Å². The van der Waals surface area contributed by atoms with Gasteiger partial charge in [0.2, 0.25) is 0 Å². The Hall–Kier alpha value is -2.70. The Morgan fingerprint density at radius 1 is 1.20 bits per heavy atom. The van der Waals surface area contributed by atoms with E-state index in [1.807, 2.05) is 18.2 Å². The van der Waals surface area contributed by atoms with Crippen molar-refractivity contribution in [1.29, 1.82) is 0 Å². The van der Waals surface area contributed by atoms with Gasteiger partial charge in [-0.2, -0.15) is 13.2 Å². The van der Waals surface area contributed by atoms with Crippen LogP contribution in [0.1, 0.15) is 28.4 Å². The number of benzene rings is 2. The van der Waals surface area contributed by atoms with Gasteiger partial charge in [-0.15, -0.1) is 0 Å². The van der Waals surface area contributed by atoms with Crippen molar-refractivity contribution in [1.82, 2.24) is 0 Å². The van der Waals surface area contributed by atoms with E-state index in [0.717, 1.165) is 23.6 Å². The lowest BCUT2D eigenvalue weighted by atomic mass is 10.1. The van der Waals surface area contributed by atoms with Crippen molar-refractivity contribution in [2.24, 2.45) is 0 Å². The monoisotopic (exact) mass is 354 g/mol. The second-order valence-electron chi connectivity index (χ2n) is 5.07. The van der Waals surface area contributed by atoms with Crippen molar-refractivity contribution < 1.29 is 32.2 Å². The second kappa shape index (κ2) is 7.92. The number of esters is 1. The van der Waals surface area contributed by atoms with E-state index in [-0.39, 0.29) is 12.2 Å². The fourth-order valence-electron chi connectivity index (χ4n) is 2.12. The van der Waals surface area contributed by atoms with Crippen LogP contribution in [0.5, 0.6) is 11.5 Å². The number of fused-ring (bicyclic) bond motifs is 3. The first kappa shape index (κ1) is 18.6. The summed E-state index contributed by atoms with van der Waals surface area (Å²) < 4.78 is 51.7. The van der Waals surface area contributed by atoms with Crippen molar-refractivity contribution in [2.75, 3.05) is 13.7 Å². The van der Waals surface area contributed by atoms with Crippen LogP contribution in [0.4, 0.5) is 13.2 Å². The molecule has 7 heteroatoms. The van der Waals surface area contributed by atoms with Gasteiger partial charge in [-0.05, 0) is 42.8 Å². The number of ether oxygens (including phenoxy) is 3. The molecule has 0 fully saturated rings. The Balaban J connectivity index is 0.000000194. The van der Waals surface area contributed by atoms with Gasteiger partial charge < -0.3 is 14.2 Å². The van der Waals surface area contributed by atoms with Gasteiger partial charge in [-0.1, -0.05) is 12.1 Å². The molecule has 0 aliphatic carbocycles. The molecule has 0 saturated heterocycles. The molecule has 0 N–H and O–H groups in total. The minimum Gasteiger partial charge on any atom is -0.493 e. The first-order valence-corrected chi connectivity index (χ1v) is 7.49. The van der Waals surface area contributed by atoms with Crippen molar-refractivity contribution in [2.45, 2.75) is 19.7 Å². The van der Waals surface area contributed by atoms with E-state index >= 15 is 0 Å². The SMILES string of the molecule is CCOC(=O)c1cccc(C(F)(F)F)c1.COc1cc2ccc1OC2. The topological polar surface area (TPSA) is 44.8 Å². The van der Waals surface area contributed by atoms with Crippen LogP contribution < -0.4 is 9.47 Å². The Kier molecular flexibility index (Phi) is 5.90.